The molecule has 20 heavy (non-hydrogen) atoms. The van der Waals surface area contributed by atoms with Gasteiger partial charge in [0, 0.05) is 0 Å². The van der Waals surface area contributed by atoms with Gasteiger partial charge in [0.2, 0.25) is 5.91 Å². The van der Waals surface area contributed by atoms with E-state index in [2.05, 4.69) is 10.1 Å². The summed E-state index contributed by atoms with van der Waals surface area (Å²) in [4.78, 5) is 34.2. The molecule has 0 bridgehead atoms. The van der Waals surface area contributed by atoms with Gasteiger partial charge in [-0.05, 0) is 12.5 Å². The number of carbonyl (C=O) groups excluding carboxylic acids is 2. The fourth-order valence-electron chi connectivity index (χ4n) is 1.50. The Balaban J connectivity index is 2.79. The zero-order chi connectivity index (χ0) is 15.1. The number of ether oxygens (including phenoxy) is 1. The third-order valence-corrected chi connectivity index (χ3v) is 2.49. The summed E-state index contributed by atoms with van der Waals surface area (Å²) in [5.74, 6) is -3.05. The molecule has 7 nitrogen and oxygen atoms in total. The smallest absolute Gasteiger partial charge is 0.332 e. The molecule has 0 spiro atoms. The van der Waals surface area contributed by atoms with Crippen molar-refractivity contribution in [2.75, 3.05) is 6.61 Å². The Kier molecular flexibility index (Phi) is 5.67. The predicted octanol–water partition coefficient (Wildman–Crippen LogP) is -0.181. The average molecular weight is 280 g/mol. The van der Waals surface area contributed by atoms with Crippen LogP contribution in [-0.2, 0) is 19.1 Å². The quantitative estimate of drug-likeness (QED) is 0.491. The average Bonchev–Trinajstić information content (AvgIpc) is 2.44. The monoisotopic (exact) mass is 280 g/mol. The van der Waals surface area contributed by atoms with E-state index in [9.17, 15) is 14.4 Å². The zero-order valence-electron chi connectivity index (χ0n) is 10.9. The Morgan fingerprint density at radius 2 is 1.90 bits per heavy atom. The van der Waals surface area contributed by atoms with Crippen molar-refractivity contribution in [1.82, 2.24) is 5.32 Å². The number of aliphatic carboxylic acids is 1. The summed E-state index contributed by atoms with van der Waals surface area (Å²) in [6.45, 7) is 1.66. The molecule has 7 heteroatoms. The van der Waals surface area contributed by atoms with E-state index >= 15 is 0 Å². The van der Waals surface area contributed by atoms with Crippen LogP contribution in [-0.4, -0.2) is 35.6 Å². The SMILES string of the molecule is CCOC(=O)C(N)C(=O)N[C@@H](C(=O)O)c1ccccc1. The van der Waals surface area contributed by atoms with E-state index in [1.165, 1.54) is 0 Å². The van der Waals surface area contributed by atoms with Crippen molar-refractivity contribution in [1.29, 1.82) is 0 Å². The molecule has 1 unspecified atom stereocenters. The first kappa shape index (κ1) is 15.6. The first-order valence-electron chi connectivity index (χ1n) is 5.97. The molecule has 0 aromatic heterocycles. The number of esters is 1. The molecule has 108 valence electrons. The Labute approximate surface area is 115 Å². The fourth-order valence-corrected chi connectivity index (χ4v) is 1.50. The summed E-state index contributed by atoms with van der Waals surface area (Å²) in [7, 11) is 0. The maximum absolute atomic E-state index is 11.7. The maximum atomic E-state index is 11.7. The van der Waals surface area contributed by atoms with E-state index in [1.54, 1.807) is 37.3 Å². The van der Waals surface area contributed by atoms with Crippen LogP contribution in [0.2, 0.25) is 0 Å². The van der Waals surface area contributed by atoms with E-state index < -0.39 is 29.9 Å². The molecule has 1 aromatic carbocycles. The van der Waals surface area contributed by atoms with Crippen molar-refractivity contribution in [3.05, 3.63) is 35.9 Å². The van der Waals surface area contributed by atoms with Gasteiger partial charge < -0.3 is 20.9 Å². The number of nitrogens with two attached hydrogens (primary N) is 1. The van der Waals surface area contributed by atoms with E-state index in [-0.39, 0.29) is 6.61 Å². The summed E-state index contributed by atoms with van der Waals surface area (Å²) >= 11 is 0. The lowest BCUT2D eigenvalue weighted by Crippen LogP contribution is -2.49. The second-order valence-corrected chi connectivity index (χ2v) is 3.92. The number of carbonyl (C=O) groups is 3. The van der Waals surface area contributed by atoms with Crippen molar-refractivity contribution >= 4 is 17.8 Å². The number of amides is 1. The van der Waals surface area contributed by atoms with E-state index in [0.717, 1.165) is 0 Å². The molecule has 0 fully saturated rings. The summed E-state index contributed by atoms with van der Waals surface area (Å²) < 4.78 is 4.60. The van der Waals surface area contributed by atoms with Crippen LogP contribution < -0.4 is 11.1 Å². The highest BCUT2D eigenvalue weighted by Gasteiger charge is 2.29. The number of rotatable bonds is 6. The minimum atomic E-state index is -1.56. The van der Waals surface area contributed by atoms with Crippen LogP contribution in [0.1, 0.15) is 18.5 Å². The highest BCUT2D eigenvalue weighted by Crippen LogP contribution is 2.12. The van der Waals surface area contributed by atoms with Crippen molar-refractivity contribution < 1.29 is 24.2 Å². The number of carboxylic acid groups (broad SMARTS) is 1. The topological polar surface area (TPSA) is 119 Å². The van der Waals surface area contributed by atoms with Gasteiger partial charge in [-0.2, -0.15) is 0 Å². The van der Waals surface area contributed by atoms with Gasteiger partial charge in [0.05, 0.1) is 6.61 Å². The number of hydrogen-bond acceptors (Lipinski definition) is 5. The second kappa shape index (κ2) is 7.25. The van der Waals surface area contributed by atoms with Crippen molar-refractivity contribution in [3.63, 3.8) is 0 Å². The summed E-state index contributed by atoms with van der Waals surface area (Å²) in [5, 5.41) is 11.3. The second-order valence-electron chi connectivity index (χ2n) is 3.92. The normalized spacial score (nSPS) is 13.1. The molecular weight excluding hydrogens is 264 g/mol. The van der Waals surface area contributed by atoms with Crippen LogP contribution in [0.25, 0.3) is 0 Å². The van der Waals surface area contributed by atoms with Gasteiger partial charge in [0.1, 0.15) is 0 Å². The first-order valence-corrected chi connectivity index (χ1v) is 5.97. The van der Waals surface area contributed by atoms with E-state index in [4.69, 9.17) is 10.8 Å². The molecular formula is C13H16N2O5. The maximum Gasteiger partial charge on any atom is 0.332 e. The van der Waals surface area contributed by atoms with Gasteiger partial charge >= 0.3 is 11.9 Å². The molecule has 0 radical (unpaired) electrons. The molecule has 2 atom stereocenters. The third kappa shape index (κ3) is 4.06. The lowest BCUT2D eigenvalue weighted by atomic mass is 10.1. The standard InChI is InChI=1S/C13H16N2O5/c1-2-20-13(19)9(14)11(16)15-10(12(17)18)8-6-4-3-5-7-8/h3-7,9-10H,2,14H2,1H3,(H,15,16)(H,17,18)/t9?,10-/m1/s1. The number of hydrogen-bond donors (Lipinski definition) is 3. The lowest BCUT2D eigenvalue weighted by Gasteiger charge is -2.17. The van der Waals surface area contributed by atoms with Crippen LogP contribution in [0.3, 0.4) is 0 Å². The molecule has 4 N–H and O–H groups in total. The molecule has 0 aliphatic heterocycles. The van der Waals surface area contributed by atoms with Crippen LogP contribution >= 0.6 is 0 Å². The van der Waals surface area contributed by atoms with Crippen LogP contribution in [0.5, 0.6) is 0 Å². The number of carboxylic acids is 1. The highest BCUT2D eigenvalue weighted by molar-refractivity contribution is 6.02. The molecule has 1 aromatic rings. The highest BCUT2D eigenvalue weighted by atomic mass is 16.5. The van der Waals surface area contributed by atoms with Crippen LogP contribution in [0.4, 0.5) is 0 Å². The third-order valence-electron chi connectivity index (χ3n) is 2.49. The molecule has 1 rings (SSSR count). The van der Waals surface area contributed by atoms with E-state index in [0.29, 0.717) is 5.56 Å². The summed E-state index contributed by atoms with van der Waals surface area (Å²) in [6.07, 6.45) is 0. The first-order chi connectivity index (χ1) is 9.47. The number of nitrogens with one attached hydrogen (secondary N) is 1. The van der Waals surface area contributed by atoms with Gasteiger partial charge in [-0.1, -0.05) is 30.3 Å². The summed E-state index contributed by atoms with van der Waals surface area (Å²) in [5.41, 5.74) is 5.77. The van der Waals surface area contributed by atoms with Gasteiger partial charge in [-0.25, -0.2) is 9.59 Å². The van der Waals surface area contributed by atoms with Crippen molar-refractivity contribution in [3.8, 4) is 0 Å². The van der Waals surface area contributed by atoms with Crippen LogP contribution in [0, 0.1) is 0 Å². The van der Waals surface area contributed by atoms with Crippen molar-refractivity contribution in [2.24, 2.45) is 5.73 Å². The minimum Gasteiger partial charge on any atom is -0.479 e. The predicted molar refractivity (Wildman–Crippen MR) is 69.6 cm³/mol. The molecule has 0 saturated heterocycles. The number of benzene rings is 1. The molecule has 0 saturated carbocycles. The Hall–Kier alpha value is -2.41. The Morgan fingerprint density at radius 3 is 2.40 bits per heavy atom. The molecule has 0 heterocycles. The molecule has 0 aliphatic carbocycles. The minimum absolute atomic E-state index is 0.0842. The lowest BCUT2D eigenvalue weighted by molar-refractivity contribution is -0.150. The van der Waals surface area contributed by atoms with E-state index in [1.807, 2.05) is 0 Å². The zero-order valence-corrected chi connectivity index (χ0v) is 10.9. The largest absolute Gasteiger partial charge is 0.479 e. The fraction of sp³-hybridized carbons (Fsp3) is 0.308. The van der Waals surface area contributed by atoms with Gasteiger partial charge in [-0.15, -0.1) is 0 Å². The molecule has 1 amide bonds. The Morgan fingerprint density at radius 1 is 1.30 bits per heavy atom. The van der Waals surface area contributed by atoms with Crippen LogP contribution in [0.15, 0.2) is 30.3 Å². The summed E-state index contributed by atoms with van der Waals surface area (Å²) in [6, 6.07) is 5.27. The van der Waals surface area contributed by atoms with Gasteiger partial charge in [-0.3, -0.25) is 4.79 Å². The Bertz CT molecular complexity index is 489. The van der Waals surface area contributed by atoms with Gasteiger partial charge in [0.15, 0.2) is 12.1 Å². The van der Waals surface area contributed by atoms with Crippen molar-refractivity contribution in [2.45, 2.75) is 19.0 Å². The molecule has 0 aliphatic rings. The van der Waals surface area contributed by atoms with Gasteiger partial charge in [0.25, 0.3) is 0 Å².